The number of nitrogens with zero attached hydrogens (tertiary/aromatic N) is 1. The number of benzene rings is 1. The predicted octanol–water partition coefficient (Wildman–Crippen LogP) is 2.37. The highest BCUT2D eigenvalue weighted by atomic mass is 19.1. The van der Waals surface area contributed by atoms with E-state index >= 15 is 0 Å². The Balaban J connectivity index is 2.08. The van der Waals surface area contributed by atoms with E-state index in [4.69, 9.17) is 9.47 Å². The molecule has 1 amide bonds. The second kappa shape index (κ2) is 5.25. The molecule has 1 aromatic rings. The number of methoxy groups -OCH3 is 1. The standard InChI is InChI=1S/C13H16FNO3/c1-9(14)12-8-18-13(16)15(12)7-10-3-5-11(17-2)6-4-10/h3-6,9,12H,7-8H2,1-2H3/t9?,12-/m1/s1. The molecule has 18 heavy (non-hydrogen) atoms. The molecule has 1 heterocycles. The van der Waals surface area contributed by atoms with Crippen molar-refractivity contribution in [1.82, 2.24) is 4.90 Å². The number of halogens is 1. The van der Waals surface area contributed by atoms with Crippen LogP contribution in [0.4, 0.5) is 9.18 Å². The number of rotatable bonds is 4. The van der Waals surface area contributed by atoms with Gasteiger partial charge in [0.15, 0.2) is 0 Å². The fraction of sp³-hybridized carbons (Fsp3) is 0.462. The summed E-state index contributed by atoms with van der Waals surface area (Å²) >= 11 is 0. The fourth-order valence-electron chi connectivity index (χ4n) is 1.95. The number of hydrogen-bond acceptors (Lipinski definition) is 3. The first kappa shape index (κ1) is 12.7. The molecule has 4 nitrogen and oxygen atoms in total. The highest BCUT2D eigenvalue weighted by molar-refractivity contribution is 5.70. The van der Waals surface area contributed by atoms with Crippen LogP contribution in [0.1, 0.15) is 12.5 Å². The van der Waals surface area contributed by atoms with Crippen molar-refractivity contribution in [3.05, 3.63) is 29.8 Å². The normalized spacial score (nSPS) is 20.7. The van der Waals surface area contributed by atoms with Crippen LogP contribution in [0.3, 0.4) is 0 Å². The van der Waals surface area contributed by atoms with Crippen LogP contribution in [0.2, 0.25) is 0 Å². The van der Waals surface area contributed by atoms with Gasteiger partial charge in [0.25, 0.3) is 0 Å². The van der Waals surface area contributed by atoms with E-state index in [2.05, 4.69) is 0 Å². The van der Waals surface area contributed by atoms with E-state index in [0.29, 0.717) is 6.54 Å². The van der Waals surface area contributed by atoms with E-state index in [0.717, 1.165) is 11.3 Å². The van der Waals surface area contributed by atoms with Crippen LogP contribution in [0, 0.1) is 0 Å². The maximum absolute atomic E-state index is 13.4. The second-order valence-corrected chi connectivity index (χ2v) is 4.30. The zero-order chi connectivity index (χ0) is 13.1. The Morgan fingerprint density at radius 2 is 2.17 bits per heavy atom. The van der Waals surface area contributed by atoms with Gasteiger partial charge in [0.1, 0.15) is 24.6 Å². The lowest BCUT2D eigenvalue weighted by Gasteiger charge is -2.22. The zero-order valence-corrected chi connectivity index (χ0v) is 10.4. The highest BCUT2D eigenvalue weighted by Crippen LogP contribution is 2.21. The Hall–Kier alpha value is -1.78. The molecular weight excluding hydrogens is 237 g/mol. The van der Waals surface area contributed by atoms with Gasteiger partial charge in [-0.15, -0.1) is 0 Å². The Morgan fingerprint density at radius 3 is 2.72 bits per heavy atom. The number of alkyl halides is 1. The maximum atomic E-state index is 13.4. The molecule has 0 spiro atoms. The minimum absolute atomic E-state index is 0.118. The summed E-state index contributed by atoms with van der Waals surface area (Å²) in [6.45, 7) is 1.90. The van der Waals surface area contributed by atoms with E-state index in [1.54, 1.807) is 7.11 Å². The van der Waals surface area contributed by atoms with Gasteiger partial charge in [-0.3, -0.25) is 4.90 Å². The van der Waals surface area contributed by atoms with Crippen molar-refractivity contribution in [2.75, 3.05) is 13.7 Å². The molecule has 98 valence electrons. The molecule has 1 unspecified atom stereocenters. The SMILES string of the molecule is COc1ccc(CN2C(=O)OC[C@@H]2C(C)F)cc1. The number of ether oxygens (including phenoxy) is 2. The van der Waals surface area contributed by atoms with Gasteiger partial charge in [-0.25, -0.2) is 9.18 Å². The van der Waals surface area contributed by atoms with Crippen LogP contribution >= 0.6 is 0 Å². The van der Waals surface area contributed by atoms with Crippen LogP contribution < -0.4 is 4.74 Å². The molecule has 0 bridgehead atoms. The quantitative estimate of drug-likeness (QED) is 0.827. The summed E-state index contributed by atoms with van der Waals surface area (Å²) in [5.41, 5.74) is 0.917. The van der Waals surface area contributed by atoms with Crippen molar-refractivity contribution in [3.8, 4) is 5.75 Å². The van der Waals surface area contributed by atoms with Crippen molar-refractivity contribution in [3.63, 3.8) is 0 Å². The summed E-state index contributed by atoms with van der Waals surface area (Å²) in [5.74, 6) is 0.748. The van der Waals surface area contributed by atoms with Gasteiger partial charge < -0.3 is 9.47 Å². The number of carbonyl (C=O) groups is 1. The molecule has 0 saturated carbocycles. The van der Waals surface area contributed by atoms with Crippen LogP contribution in [0.5, 0.6) is 5.75 Å². The van der Waals surface area contributed by atoms with Gasteiger partial charge in [-0.1, -0.05) is 12.1 Å². The van der Waals surface area contributed by atoms with Crippen molar-refractivity contribution in [2.45, 2.75) is 25.7 Å². The van der Waals surface area contributed by atoms with Crippen molar-refractivity contribution in [1.29, 1.82) is 0 Å². The molecule has 0 N–H and O–H groups in total. The Bertz CT molecular complexity index is 419. The van der Waals surface area contributed by atoms with Crippen LogP contribution in [0.15, 0.2) is 24.3 Å². The van der Waals surface area contributed by atoms with E-state index < -0.39 is 18.3 Å². The van der Waals surface area contributed by atoms with E-state index in [1.807, 2.05) is 24.3 Å². The fourth-order valence-corrected chi connectivity index (χ4v) is 1.95. The molecule has 1 saturated heterocycles. The second-order valence-electron chi connectivity index (χ2n) is 4.30. The average Bonchev–Trinajstić information content (AvgIpc) is 2.72. The van der Waals surface area contributed by atoms with E-state index in [1.165, 1.54) is 11.8 Å². The molecule has 2 rings (SSSR count). The smallest absolute Gasteiger partial charge is 0.410 e. The maximum Gasteiger partial charge on any atom is 0.410 e. The summed E-state index contributed by atoms with van der Waals surface area (Å²) in [6, 6.07) is 6.82. The zero-order valence-electron chi connectivity index (χ0n) is 10.4. The first-order valence-corrected chi connectivity index (χ1v) is 5.82. The van der Waals surface area contributed by atoms with Gasteiger partial charge >= 0.3 is 6.09 Å². The first-order valence-electron chi connectivity index (χ1n) is 5.82. The van der Waals surface area contributed by atoms with Crippen LogP contribution in [-0.4, -0.2) is 36.9 Å². The van der Waals surface area contributed by atoms with Crippen LogP contribution in [0.25, 0.3) is 0 Å². The summed E-state index contributed by atoms with van der Waals surface area (Å²) < 4.78 is 23.3. The van der Waals surface area contributed by atoms with E-state index in [9.17, 15) is 9.18 Å². The van der Waals surface area contributed by atoms with Crippen molar-refractivity contribution < 1.29 is 18.7 Å². The molecule has 2 atom stereocenters. The third-order valence-electron chi connectivity index (χ3n) is 3.05. The predicted molar refractivity (Wildman–Crippen MR) is 64.2 cm³/mol. The number of hydrogen-bond donors (Lipinski definition) is 0. The summed E-state index contributed by atoms with van der Waals surface area (Å²) in [7, 11) is 1.59. The minimum atomic E-state index is -1.10. The Kier molecular flexibility index (Phi) is 3.69. The monoisotopic (exact) mass is 253 g/mol. The topological polar surface area (TPSA) is 38.8 Å². The number of amides is 1. The van der Waals surface area contributed by atoms with Crippen molar-refractivity contribution >= 4 is 6.09 Å². The minimum Gasteiger partial charge on any atom is -0.497 e. The number of cyclic esters (lactones) is 1. The average molecular weight is 253 g/mol. The summed E-state index contributed by atoms with van der Waals surface area (Å²) in [4.78, 5) is 13.0. The van der Waals surface area contributed by atoms with E-state index in [-0.39, 0.29) is 6.61 Å². The van der Waals surface area contributed by atoms with Gasteiger partial charge in [-0.05, 0) is 24.6 Å². The Morgan fingerprint density at radius 1 is 1.50 bits per heavy atom. The number of carbonyl (C=O) groups excluding carboxylic acids is 1. The van der Waals surface area contributed by atoms with Crippen molar-refractivity contribution in [2.24, 2.45) is 0 Å². The van der Waals surface area contributed by atoms with Gasteiger partial charge in [0.2, 0.25) is 0 Å². The molecule has 0 aromatic heterocycles. The largest absolute Gasteiger partial charge is 0.497 e. The Labute approximate surface area is 105 Å². The molecular formula is C13H16FNO3. The lowest BCUT2D eigenvalue weighted by molar-refractivity contribution is 0.150. The third-order valence-corrected chi connectivity index (χ3v) is 3.05. The molecule has 1 fully saturated rings. The molecule has 0 radical (unpaired) electrons. The van der Waals surface area contributed by atoms with Gasteiger partial charge in [0.05, 0.1) is 7.11 Å². The lowest BCUT2D eigenvalue weighted by Crippen LogP contribution is -2.38. The van der Waals surface area contributed by atoms with Gasteiger partial charge in [-0.2, -0.15) is 0 Å². The molecule has 1 aliphatic rings. The lowest BCUT2D eigenvalue weighted by atomic mass is 10.1. The van der Waals surface area contributed by atoms with Crippen LogP contribution in [-0.2, 0) is 11.3 Å². The molecule has 5 heteroatoms. The third kappa shape index (κ3) is 2.55. The van der Waals surface area contributed by atoms with Gasteiger partial charge in [0, 0.05) is 6.54 Å². The summed E-state index contributed by atoms with van der Waals surface area (Å²) in [6.07, 6.45) is -1.56. The molecule has 1 aliphatic heterocycles. The highest BCUT2D eigenvalue weighted by Gasteiger charge is 2.36. The molecule has 0 aliphatic carbocycles. The molecule has 1 aromatic carbocycles. The first-order chi connectivity index (χ1) is 8.61. The summed E-state index contributed by atoms with van der Waals surface area (Å²) in [5, 5.41) is 0.